The van der Waals surface area contributed by atoms with Gasteiger partial charge in [0.2, 0.25) is 5.88 Å². The number of carbonyl (C=O) groups excluding carboxylic acids is 1. The molecule has 3 aromatic heterocycles. The number of carbonyl (C=O) groups is 1. The molecule has 0 aromatic carbocycles. The van der Waals surface area contributed by atoms with E-state index in [9.17, 15) is 4.79 Å². The first-order valence-corrected chi connectivity index (χ1v) is 10.8. The lowest BCUT2D eigenvalue weighted by molar-refractivity contribution is 0.0503. The molecule has 1 amide bonds. The van der Waals surface area contributed by atoms with Gasteiger partial charge in [-0.1, -0.05) is 17.7 Å². The number of halogens is 1. The van der Waals surface area contributed by atoms with E-state index in [1.165, 1.54) is 0 Å². The molecule has 1 aliphatic heterocycles. The monoisotopic (exact) mass is 435 g/mol. The Morgan fingerprint density at radius 2 is 1.94 bits per heavy atom. The zero-order valence-electron chi connectivity index (χ0n) is 17.1. The van der Waals surface area contributed by atoms with Crippen LogP contribution in [-0.4, -0.2) is 49.9 Å². The van der Waals surface area contributed by atoms with Gasteiger partial charge in [0.15, 0.2) is 5.82 Å². The van der Waals surface area contributed by atoms with E-state index in [1.807, 2.05) is 24.0 Å². The van der Waals surface area contributed by atoms with Gasteiger partial charge < -0.3 is 9.64 Å². The smallest absolute Gasteiger partial charge is 0.273 e. The van der Waals surface area contributed by atoms with Crippen LogP contribution in [-0.2, 0) is 0 Å². The Labute approximate surface area is 185 Å². The highest BCUT2D eigenvalue weighted by molar-refractivity contribution is 6.29. The third kappa shape index (κ3) is 4.23. The molecule has 0 radical (unpaired) electrons. The zero-order chi connectivity index (χ0) is 21.4. The maximum atomic E-state index is 13.7. The Morgan fingerprint density at radius 3 is 2.74 bits per heavy atom. The molecule has 3 atom stereocenters. The van der Waals surface area contributed by atoms with Crippen LogP contribution in [0.2, 0.25) is 5.15 Å². The SMILES string of the molecule is Cc1ccc(-c2ncccn2)c(C(=O)N2CC3CC3CC2COc2cccc(Cl)n2)n1. The van der Waals surface area contributed by atoms with Crippen LogP contribution >= 0.6 is 11.6 Å². The van der Waals surface area contributed by atoms with Crippen LogP contribution in [0.25, 0.3) is 11.4 Å². The van der Waals surface area contributed by atoms with Crippen LogP contribution < -0.4 is 4.74 Å². The van der Waals surface area contributed by atoms with Gasteiger partial charge in [0, 0.05) is 30.7 Å². The Kier molecular flexibility index (Phi) is 5.28. The predicted octanol–water partition coefficient (Wildman–Crippen LogP) is 3.83. The predicted molar refractivity (Wildman–Crippen MR) is 116 cm³/mol. The Bertz CT molecular complexity index is 1110. The number of pyridine rings is 2. The number of hydrogen-bond acceptors (Lipinski definition) is 6. The standard InChI is InChI=1S/C23H22ClN5O2/c1-14-6-7-18(22-25-8-3-9-26-22)21(27-14)23(30)29-12-16-10-15(16)11-17(29)13-31-20-5-2-4-19(24)28-20/h2-9,15-17H,10-13H2,1H3. The fraction of sp³-hybridized carbons (Fsp3) is 0.348. The number of amides is 1. The van der Waals surface area contributed by atoms with Crippen molar-refractivity contribution in [3.8, 4) is 17.3 Å². The van der Waals surface area contributed by atoms with Crippen molar-refractivity contribution in [2.45, 2.75) is 25.8 Å². The highest BCUT2D eigenvalue weighted by atomic mass is 35.5. The molecule has 3 aromatic rings. The van der Waals surface area contributed by atoms with E-state index in [0.29, 0.717) is 53.1 Å². The normalized spacial score (nSPS) is 22.0. The quantitative estimate of drug-likeness (QED) is 0.566. The number of piperidine rings is 1. The van der Waals surface area contributed by atoms with Crippen LogP contribution in [0.3, 0.4) is 0 Å². The fourth-order valence-electron chi connectivity index (χ4n) is 4.23. The van der Waals surface area contributed by atoms with Crippen LogP contribution in [0.1, 0.15) is 29.0 Å². The van der Waals surface area contributed by atoms with E-state index in [0.717, 1.165) is 18.5 Å². The molecule has 8 heteroatoms. The van der Waals surface area contributed by atoms with E-state index in [1.54, 1.807) is 36.7 Å². The molecule has 2 aliphatic rings. The van der Waals surface area contributed by atoms with E-state index in [-0.39, 0.29) is 11.9 Å². The van der Waals surface area contributed by atoms with Gasteiger partial charge in [-0.3, -0.25) is 4.79 Å². The van der Waals surface area contributed by atoms with Gasteiger partial charge in [-0.05, 0) is 55.9 Å². The molecule has 5 rings (SSSR count). The average Bonchev–Trinajstić information content (AvgIpc) is 3.55. The number of nitrogens with zero attached hydrogens (tertiary/aromatic N) is 5. The minimum Gasteiger partial charge on any atom is -0.475 e. The molecule has 1 aliphatic carbocycles. The van der Waals surface area contributed by atoms with Gasteiger partial charge in [-0.15, -0.1) is 0 Å². The van der Waals surface area contributed by atoms with Gasteiger partial charge in [-0.2, -0.15) is 0 Å². The third-order valence-electron chi connectivity index (χ3n) is 5.93. The summed E-state index contributed by atoms with van der Waals surface area (Å²) in [5.74, 6) is 2.07. The molecular weight excluding hydrogens is 414 g/mol. The van der Waals surface area contributed by atoms with E-state index >= 15 is 0 Å². The van der Waals surface area contributed by atoms with Gasteiger partial charge in [0.25, 0.3) is 5.91 Å². The van der Waals surface area contributed by atoms with Gasteiger partial charge >= 0.3 is 0 Å². The maximum Gasteiger partial charge on any atom is 0.273 e. The summed E-state index contributed by atoms with van der Waals surface area (Å²) >= 11 is 5.97. The van der Waals surface area contributed by atoms with Crippen LogP contribution in [0.5, 0.6) is 5.88 Å². The van der Waals surface area contributed by atoms with Crippen molar-refractivity contribution in [1.82, 2.24) is 24.8 Å². The largest absolute Gasteiger partial charge is 0.475 e. The summed E-state index contributed by atoms with van der Waals surface area (Å²) in [6.45, 7) is 2.96. The summed E-state index contributed by atoms with van der Waals surface area (Å²) in [6, 6.07) is 10.7. The second kappa shape index (κ2) is 8.23. The van der Waals surface area contributed by atoms with Gasteiger partial charge in [-0.25, -0.2) is 19.9 Å². The molecule has 0 N–H and O–H groups in total. The topological polar surface area (TPSA) is 81.1 Å². The molecule has 0 spiro atoms. The summed E-state index contributed by atoms with van der Waals surface area (Å²) in [5.41, 5.74) is 1.81. The van der Waals surface area contributed by atoms with Crippen molar-refractivity contribution < 1.29 is 9.53 Å². The number of aromatic nitrogens is 4. The van der Waals surface area contributed by atoms with Crippen LogP contribution in [0.4, 0.5) is 0 Å². The van der Waals surface area contributed by atoms with Gasteiger partial charge in [0.05, 0.1) is 11.6 Å². The number of aryl methyl sites for hydroxylation is 1. The Morgan fingerprint density at radius 1 is 1.10 bits per heavy atom. The Balaban J connectivity index is 1.42. The van der Waals surface area contributed by atoms with Crippen molar-refractivity contribution in [3.63, 3.8) is 0 Å². The first-order chi connectivity index (χ1) is 15.1. The minimum absolute atomic E-state index is 0.0520. The summed E-state index contributed by atoms with van der Waals surface area (Å²) < 4.78 is 5.91. The number of hydrogen-bond donors (Lipinski definition) is 0. The minimum atomic E-state index is -0.107. The first kappa shape index (κ1) is 19.9. The third-order valence-corrected chi connectivity index (χ3v) is 6.14. The van der Waals surface area contributed by atoms with Crippen molar-refractivity contribution in [2.75, 3.05) is 13.2 Å². The average molecular weight is 436 g/mol. The van der Waals surface area contributed by atoms with Crippen LogP contribution in [0, 0.1) is 18.8 Å². The van der Waals surface area contributed by atoms with E-state index < -0.39 is 0 Å². The van der Waals surface area contributed by atoms with Gasteiger partial charge in [0.1, 0.15) is 17.5 Å². The lowest BCUT2D eigenvalue weighted by Crippen LogP contribution is -2.48. The fourth-order valence-corrected chi connectivity index (χ4v) is 4.39. The molecule has 0 bridgehead atoms. The summed E-state index contributed by atoms with van der Waals surface area (Å²) in [4.78, 5) is 33.0. The highest BCUT2D eigenvalue weighted by Gasteiger charge is 2.47. The summed E-state index contributed by atoms with van der Waals surface area (Å²) in [6.07, 6.45) is 5.41. The van der Waals surface area contributed by atoms with Crippen molar-refractivity contribution >= 4 is 17.5 Å². The molecule has 1 saturated carbocycles. The van der Waals surface area contributed by atoms with E-state index in [4.69, 9.17) is 16.3 Å². The second-order valence-electron chi connectivity index (χ2n) is 8.13. The van der Waals surface area contributed by atoms with E-state index in [2.05, 4.69) is 19.9 Å². The molecule has 31 heavy (non-hydrogen) atoms. The molecule has 7 nitrogen and oxygen atoms in total. The number of rotatable bonds is 5. The lowest BCUT2D eigenvalue weighted by Gasteiger charge is -2.35. The molecule has 2 fully saturated rings. The molecule has 158 valence electrons. The first-order valence-electron chi connectivity index (χ1n) is 10.4. The molecule has 3 unspecified atom stereocenters. The summed E-state index contributed by atoms with van der Waals surface area (Å²) in [5, 5.41) is 0.382. The van der Waals surface area contributed by atoms with Crippen LogP contribution in [0.15, 0.2) is 48.8 Å². The molecule has 4 heterocycles. The second-order valence-corrected chi connectivity index (χ2v) is 8.52. The molecule has 1 saturated heterocycles. The van der Waals surface area contributed by atoms with Crippen molar-refractivity contribution in [3.05, 3.63) is 65.3 Å². The maximum absolute atomic E-state index is 13.7. The Hall–Kier alpha value is -3.06. The number of ether oxygens (including phenoxy) is 1. The van der Waals surface area contributed by atoms with Crippen molar-refractivity contribution in [1.29, 1.82) is 0 Å². The molecular formula is C23H22ClN5O2. The number of likely N-dealkylation sites (tertiary alicyclic amines) is 1. The number of fused-ring (bicyclic) bond motifs is 1. The summed E-state index contributed by atoms with van der Waals surface area (Å²) in [7, 11) is 0. The lowest BCUT2D eigenvalue weighted by atomic mass is 10.0. The zero-order valence-corrected chi connectivity index (χ0v) is 17.9. The van der Waals surface area contributed by atoms with Crippen molar-refractivity contribution in [2.24, 2.45) is 11.8 Å². The highest BCUT2D eigenvalue weighted by Crippen LogP contribution is 2.47.